The quantitative estimate of drug-likeness (QED) is 0.0814. The van der Waals surface area contributed by atoms with Crippen molar-refractivity contribution >= 4 is 23.6 Å². The molecular formula is C32H54N4O20. The summed E-state index contributed by atoms with van der Waals surface area (Å²) in [5.41, 5.74) is 4.12. The van der Waals surface area contributed by atoms with Crippen molar-refractivity contribution in [3.05, 3.63) is 0 Å². The smallest absolute Gasteiger partial charge is 0.270 e. The van der Waals surface area contributed by atoms with E-state index in [1.807, 2.05) is 0 Å². The van der Waals surface area contributed by atoms with Crippen LogP contribution in [0.3, 0.4) is 0 Å². The van der Waals surface area contributed by atoms with Gasteiger partial charge in [0.15, 0.2) is 24.8 Å². The second-order valence-corrected chi connectivity index (χ2v) is 14.0. The average molecular weight is 815 g/mol. The zero-order valence-corrected chi connectivity index (χ0v) is 31.4. The zero-order valence-electron chi connectivity index (χ0n) is 31.4. The SMILES string of the molecule is CO[C@@H]1C(C(=O)NNC(=O)C2O[C@@H](O[C@@H]3C(NC(C)=O)[C@H](C)OC(CO)[C@H]3O)C(O)[C@@H](O)[C@@H]2OC)O[C@@H](OC2[C@H](O)C(CO)O[C@@H](C)[C@H]2NC(C)=O)C(O)C1O. The number of rotatable bonds is 12. The normalized spacial score (nSPS) is 44.3. The minimum Gasteiger partial charge on any atom is -0.394 e. The molecule has 4 aliphatic heterocycles. The standard InChI is InChI=1S/C32H54N4O20/c1-9-15(33-11(3)39)23(17(41)13(7-37)51-9)53-31-21(45)19(43)25(49-5)27(55-31)29(47)35-36-30(48)28-26(50-6)20(44)22(46)32(56-28)54-24-16(34-12(4)40)10(2)52-14(8-38)18(24)42/h9-10,13-28,31-32,37-38,41-46H,7-8H2,1-6H3,(H,33,39)(H,34,40)(H,35,47)(H,36,48)/t9-,10-,13?,14?,15+,16?,17+,18+,19?,20+,21?,22?,23?,24+,25-,26-,27?,28?,31+,32+/m0/s1. The van der Waals surface area contributed by atoms with Crippen LogP contribution in [0.4, 0.5) is 0 Å². The van der Waals surface area contributed by atoms with Crippen LogP contribution >= 0.6 is 0 Å². The number of hydrazine groups is 1. The van der Waals surface area contributed by atoms with Crippen LogP contribution in [0.25, 0.3) is 0 Å². The molecule has 4 amide bonds. The van der Waals surface area contributed by atoms with Gasteiger partial charge in [-0.1, -0.05) is 0 Å². The monoisotopic (exact) mass is 814 g/mol. The van der Waals surface area contributed by atoms with Crippen molar-refractivity contribution in [3.8, 4) is 0 Å². The second kappa shape index (κ2) is 19.8. The summed E-state index contributed by atoms with van der Waals surface area (Å²) in [4.78, 5) is 50.9. The Morgan fingerprint density at radius 3 is 1.16 bits per heavy atom. The lowest BCUT2D eigenvalue weighted by Gasteiger charge is -2.47. The Labute approximate surface area is 320 Å². The summed E-state index contributed by atoms with van der Waals surface area (Å²) in [6.45, 7) is 4.14. The molecule has 24 nitrogen and oxygen atoms in total. The molecule has 322 valence electrons. The lowest BCUT2D eigenvalue weighted by molar-refractivity contribution is -0.326. The molecule has 0 aromatic rings. The van der Waals surface area contributed by atoms with Crippen LogP contribution in [-0.4, -0.2) is 214 Å². The number of carbonyl (C=O) groups excluding carboxylic acids is 4. The van der Waals surface area contributed by atoms with Gasteiger partial charge in [-0.05, 0) is 13.8 Å². The average Bonchev–Trinajstić information content (AvgIpc) is 3.15. The van der Waals surface area contributed by atoms with Crippen molar-refractivity contribution in [2.75, 3.05) is 27.4 Å². The number of nitrogens with one attached hydrogen (secondary N) is 4. The van der Waals surface area contributed by atoms with Gasteiger partial charge in [-0.2, -0.15) is 0 Å². The summed E-state index contributed by atoms with van der Waals surface area (Å²) in [6, 6.07) is -2.11. The maximum absolute atomic E-state index is 13.5. The Hall–Kier alpha value is -2.76. The van der Waals surface area contributed by atoms with Gasteiger partial charge in [0, 0.05) is 28.1 Å². The lowest BCUT2D eigenvalue weighted by Crippen LogP contribution is -2.69. The van der Waals surface area contributed by atoms with Crippen LogP contribution < -0.4 is 21.5 Å². The Bertz CT molecular complexity index is 1250. The Balaban J connectivity index is 1.49. The van der Waals surface area contributed by atoms with E-state index in [1.54, 1.807) is 0 Å². The van der Waals surface area contributed by atoms with Gasteiger partial charge < -0.3 is 89.4 Å². The van der Waals surface area contributed by atoms with Gasteiger partial charge in [0.1, 0.15) is 73.2 Å². The van der Waals surface area contributed by atoms with Crippen molar-refractivity contribution in [1.82, 2.24) is 21.5 Å². The van der Waals surface area contributed by atoms with Crippen molar-refractivity contribution in [1.29, 1.82) is 0 Å². The van der Waals surface area contributed by atoms with Crippen LogP contribution in [0.1, 0.15) is 27.7 Å². The fourth-order valence-electron chi connectivity index (χ4n) is 7.19. The van der Waals surface area contributed by atoms with Gasteiger partial charge in [0.25, 0.3) is 11.8 Å². The van der Waals surface area contributed by atoms with E-state index in [4.69, 9.17) is 37.9 Å². The fraction of sp³-hybridized carbons (Fsp3) is 0.875. The number of aliphatic hydroxyl groups excluding tert-OH is 8. The van der Waals surface area contributed by atoms with E-state index in [0.717, 1.165) is 14.2 Å². The third kappa shape index (κ3) is 9.91. The number of hydrogen-bond donors (Lipinski definition) is 12. The number of carbonyl (C=O) groups is 4. The third-order valence-electron chi connectivity index (χ3n) is 10.1. The van der Waals surface area contributed by atoms with E-state index in [9.17, 15) is 60.0 Å². The zero-order chi connectivity index (χ0) is 41.8. The predicted octanol–water partition coefficient (Wildman–Crippen LogP) is -7.88. The topological polar surface area (TPSA) is 352 Å². The van der Waals surface area contributed by atoms with Gasteiger partial charge >= 0.3 is 0 Å². The van der Waals surface area contributed by atoms with Gasteiger partial charge in [0.2, 0.25) is 11.8 Å². The summed E-state index contributed by atoms with van der Waals surface area (Å²) >= 11 is 0. The first-order chi connectivity index (χ1) is 26.4. The number of aliphatic hydroxyl groups is 8. The molecule has 20 atom stereocenters. The first-order valence-corrected chi connectivity index (χ1v) is 17.8. The van der Waals surface area contributed by atoms with Gasteiger partial charge in [-0.25, -0.2) is 0 Å². The van der Waals surface area contributed by atoms with E-state index >= 15 is 0 Å². The molecule has 0 aromatic heterocycles. The molecule has 12 N–H and O–H groups in total. The number of hydrogen-bond acceptors (Lipinski definition) is 20. The van der Waals surface area contributed by atoms with E-state index in [2.05, 4.69) is 21.5 Å². The molecule has 56 heavy (non-hydrogen) atoms. The van der Waals surface area contributed by atoms with Crippen LogP contribution in [0.2, 0.25) is 0 Å². The van der Waals surface area contributed by atoms with Crippen LogP contribution in [-0.2, 0) is 57.1 Å². The highest BCUT2D eigenvalue weighted by Gasteiger charge is 2.55. The van der Waals surface area contributed by atoms with Crippen molar-refractivity contribution < 1.29 is 97.9 Å². The van der Waals surface area contributed by atoms with E-state index in [0.29, 0.717) is 0 Å². The van der Waals surface area contributed by atoms with Crippen molar-refractivity contribution in [2.45, 2.75) is 150 Å². The molecule has 4 rings (SSSR count). The highest BCUT2D eigenvalue weighted by atomic mass is 16.7. The first kappa shape index (κ1) is 45.9. The number of amides is 4. The fourth-order valence-corrected chi connectivity index (χ4v) is 7.19. The molecule has 0 radical (unpaired) electrons. The Kier molecular flexibility index (Phi) is 16.2. The Morgan fingerprint density at radius 2 is 0.875 bits per heavy atom. The largest absolute Gasteiger partial charge is 0.394 e. The minimum absolute atomic E-state index is 0.538. The van der Waals surface area contributed by atoms with Gasteiger partial charge in [-0.3, -0.25) is 30.0 Å². The summed E-state index contributed by atoms with van der Waals surface area (Å²) in [5, 5.41) is 90.0. The molecule has 0 bridgehead atoms. The molecule has 4 heterocycles. The van der Waals surface area contributed by atoms with Gasteiger partial charge in [-0.15, -0.1) is 0 Å². The summed E-state index contributed by atoms with van der Waals surface area (Å²) in [7, 11) is 2.18. The number of ether oxygens (including phenoxy) is 8. The summed E-state index contributed by atoms with van der Waals surface area (Å²) in [6.07, 6.45) is -28.1. The lowest BCUT2D eigenvalue weighted by atomic mass is 9.92. The third-order valence-corrected chi connectivity index (χ3v) is 10.1. The molecular weight excluding hydrogens is 760 g/mol. The molecule has 4 aliphatic rings. The summed E-state index contributed by atoms with van der Waals surface area (Å²) < 4.78 is 44.6. The van der Waals surface area contributed by atoms with Crippen molar-refractivity contribution in [3.63, 3.8) is 0 Å². The van der Waals surface area contributed by atoms with Crippen LogP contribution in [0.15, 0.2) is 0 Å². The van der Waals surface area contributed by atoms with E-state index in [1.165, 1.54) is 27.7 Å². The van der Waals surface area contributed by atoms with E-state index < -0.39 is 159 Å². The number of methoxy groups -OCH3 is 2. The van der Waals surface area contributed by atoms with Crippen LogP contribution in [0.5, 0.6) is 0 Å². The molecule has 0 saturated carbocycles. The van der Waals surface area contributed by atoms with Crippen molar-refractivity contribution in [2.24, 2.45) is 0 Å². The van der Waals surface area contributed by atoms with Crippen LogP contribution in [0, 0.1) is 0 Å². The summed E-state index contributed by atoms with van der Waals surface area (Å²) in [5.74, 6) is -3.43. The minimum atomic E-state index is -1.90. The molecule has 0 aliphatic carbocycles. The maximum Gasteiger partial charge on any atom is 0.270 e. The highest BCUT2D eigenvalue weighted by Crippen LogP contribution is 2.32. The molecule has 4 saturated heterocycles. The predicted molar refractivity (Wildman–Crippen MR) is 179 cm³/mol. The Morgan fingerprint density at radius 1 is 0.536 bits per heavy atom. The second-order valence-electron chi connectivity index (χ2n) is 14.0. The van der Waals surface area contributed by atoms with Gasteiger partial charge in [0.05, 0.1) is 37.5 Å². The van der Waals surface area contributed by atoms with E-state index in [-0.39, 0.29) is 0 Å². The molecule has 0 spiro atoms. The molecule has 9 unspecified atom stereocenters. The first-order valence-electron chi connectivity index (χ1n) is 17.8. The maximum atomic E-state index is 13.5. The molecule has 0 aromatic carbocycles. The molecule has 4 fully saturated rings. The molecule has 24 heteroatoms. The highest BCUT2D eigenvalue weighted by molar-refractivity contribution is 5.87.